The molecule has 0 unspecified atom stereocenters. The minimum Gasteiger partial charge on any atom is -0.398 e. The van der Waals surface area contributed by atoms with E-state index in [1.165, 1.54) is 0 Å². The van der Waals surface area contributed by atoms with Gasteiger partial charge in [-0.15, -0.1) is 0 Å². The lowest BCUT2D eigenvalue weighted by molar-refractivity contribution is 0.110. The molecule has 96 valence electrons. The van der Waals surface area contributed by atoms with Crippen LogP contribution in [0.5, 0.6) is 0 Å². The number of methoxy groups -OCH3 is 2. The molecule has 17 heavy (non-hydrogen) atoms. The monoisotopic (exact) mass is 238 g/mol. The van der Waals surface area contributed by atoms with E-state index in [0.717, 1.165) is 44.1 Å². The fourth-order valence-corrected chi connectivity index (χ4v) is 1.63. The quantitative estimate of drug-likeness (QED) is 0.695. The maximum absolute atomic E-state index is 5.94. The summed E-state index contributed by atoms with van der Waals surface area (Å²) in [4.78, 5) is 2.28. The molecule has 0 saturated carbocycles. The fraction of sp³-hybridized carbons (Fsp3) is 0.538. The highest BCUT2D eigenvalue weighted by atomic mass is 16.5. The Labute approximate surface area is 103 Å². The highest BCUT2D eigenvalue weighted by Gasteiger charge is 2.07. The van der Waals surface area contributed by atoms with Crippen LogP contribution in [0.1, 0.15) is 5.56 Å². The molecule has 1 aromatic carbocycles. The minimum absolute atomic E-state index is 0.719. The van der Waals surface area contributed by atoms with Crippen molar-refractivity contribution in [2.75, 3.05) is 46.3 Å². The van der Waals surface area contributed by atoms with E-state index in [-0.39, 0.29) is 0 Å². The summed E-state index contributed by atoms with van der Waals surface area (Å²) < 4.78 is 10.2. The SMILES string of the molecule is COCCN(CCOC)Cc1ccccc1N. The number of hydrogen-bond donors (Lipinski definition) is 1. The number of ether oxygens (including phenoxy) is 2. The van der Waals surface area contributed by atoms with E-state index in [9.17, 15) is 0 Å². The number of hydrogen-bond acceptors (Lipinski definition) is 4. The van der Waals surface area contributed by atoms with Gasteiger partial charge >= 0.3 is 0 Å². The van der Waals surface area contributed by atoms with Crippen molar-refractivity contribution in [3.8, 4) is 0 Å². The number of nitrogens with two attached hydrogens (primary N) is 1. The molecule has 2 N–H and O–H groups in total. The highest BCUT2D eigenvalue weighted by molar-refractivity contribution is 5.46. The molecule has 1 aromatic rings. The minimum atomic E-state index is 0.719. The van der Waals surface area contributed by atoms with E-state index >= 15 is 0 Å². The summed E-state index contributed by atoms with van der Waals surface area (Å²) in [5.41, 5.74) is 7.93. The molecule has 0 spiro atoms. The summed E-state index contributed by atoms with van der Waals surface area (Å²) in [5, 5.41) is 0. The van der Waals surface area contributed by atoms with Crippen LogP contribution in [-0.4, -0.2) is 45.4 Å². The number of para-hydroxylation sites is 1. The first-order chi connectivity index (χ1) is 8.27. The molecule has 4 nitrogen and oxygen atoms in total. The van der Waals surface area contributed by atoms with Gasteiger partial charge < -0.3 is 15.2 Å². The van der Waals surface area contributed by atoms with Crippen LogP contribution < -0.4 is 5.73 Å². The standard InChI is InChI=1S/C13H22N2O2/c1-16-9-7-15(8-10-17-2)11-12-5-3-4-6-13(12)14/h3-6H,7-11,14H2,1-2H3. The first-order valence-corrected chi connectivity index (χ1v) is 5.81. The van der Waals surface area contributed by atoms with Crippen LogP contribution in [0.2, 0.25) is 0 Å². The topological polar surface area (TPSA) is 47.7 Å². The third-order valence-electron chi connectivity index (χ3n) is 2.67. The smallest absolute Gasteiger partial charge is 0.0589 e. The van der Waals surface area contributed by atoms with E-state index in [4.69, 9.17) is 15.2 Å². The number of rotatable bonds is 8. The predicted molar refractivity (Wildman–Crippen MR) is 69.9 cm³/mol. The molecule has 0 aliphatic carbocycles. The van der Waals surface area contributed by atoms with Crippen LogP contribution in [0.4, 0.5) is 5.69 Å². The van der Waals surface area contributed by atoms with E-state index in [1.807, 2.05) is 18.2 Å². The maximum Gasteiger partial charge on any atom is 0.0589 e. The normalized spacial score (nSPS) is 11.0. The van der Waals surface area contributed by atoms with Gasteiger partial charge in [0.05, 0.1) is 13.2 Å². The second kappa shape index (κ2) is 8.06. The molecule has 0 atom stereocenters. The van der Waals surface area contributed by atoms with Crippen molar-refractivity contribution in [3.05, 3.63) is 29.8 Å². The Bertz CT molecular complexity index is 310. The average molecular weight is 238 g/mol. The lowest BCUT2D eigenvalue weighted by Gasteiger charge is -2.22. The molecule has 0 heterocycles. The van der Waals surface area contributed by atoms with Crippen molar-refractivity contribution in [3.63, 3.8) is 0 Å². The molecular formula is C13H22N2O2. The van der Waals surface area contributed by atoms with Gasteiger partial charge in [-0.1, -0.05) is 18.2 Å². The zero-order chi connectivity index (χ0) is 12.5. The third-order valence-corrected chi connectivity index (χ3v) is 2.67. The summed E-state index contributed by atoms with van der Waals surface area (Å²) in [7, 11) is 3.43. The van der Waals surface area contributed by atoms with Crippen LogP contribution >= 0.6 is 0 Å². The fourth-order valence-electron chi connectivity index (χ4n) is 1.63. The molecule has 0 aromatic heterocycles. The van der Waals surface area contributed by atoms with E-state index in [1.54, 1.807) is 14.2 Å². The van der Waals surface area contributed by atoms with Gasteiger partial charge in [0.2, 0.25) is 0 Å². The van der Waals surface area contributed by atoms with Crippen LogP contribution in [0.15, 0.2) is 24.3 Å². The van der Waals surface area contributed by atoms with Gasteiger partial charge in [-0.3, -0.25) is 4.90 Å². The van der Waals surface area contributed by atoms with Gasteiger partial charge in [0, 0.05) is 39.5 Å². The van der Waals surface area contributed by atoms with Gasteiger partial charge in [0.25, 0.3) is 0 Å². The second-order valence-electron chi connectivity index (χ2n) is 3.96. The van der Waals surface area contributed by atoms with E-state index in [0.29, 0.717) is 0 Å². The van der Waals surface area contributed by atoms with Gasteiger partial charge in [-0.05, 0) is 11.6 Å². The van der Waals surface area contributed by atoms with Gasteiger partial charge in [-0.25, -0.2) is 0 Å². The average Bonchev–Trinajstić information content (AvgIpc) is 2.35. The molecule has 0 amide bonds. The summed E-state index contributed by atoms with van der Waals surface area (Å²) in [6.45, 7) is 4.04. The lowest BCUT2D eigenvalue weighted by Crippen LogP contribution is -2.30. The predicted octanol–water partition coefficient (Wildman–Crippen LogP) is 1.36. The summed E-state index contributed by atoms with van der Waals surface area (Å²) in [6.07, 6.45) is 0. The first kappa shape index (κ1) is 14.0. The molecule has 0 bridgehead atoms. The first-order valence-electron chi connectivity index (χ1n) is 5.81. The number of nitrogen functional groups attached to an aromatic ring is 1. The summed E-state index contributed by atoms with van der Waals surface area (Å²) >= 11 is 0. The molecule has 0 radical (unpaired) electrons. The van der Waals surface area contributed by atoms with Crippen LogP contribution in [0.25, 0.3) is 0 Å². The Morgan fingerprint density at radius 3 is 2.18 bits per heavy atom. The Morgan fingerprint density at radius 2 is 1.65 bits per heavy atom. The van der Waals surface area contributed by atoms with Crippen molar-refractivity contribution >= 4 is 5.69 Å². The van der Waals surface area contributed by atoms with Crippen molar-refractivity contribution in [1.29, 1.82) is 0 Å². The highest BCUT2D eigenvalue weighted by Crippen LogP contribution is 2.13. The lowest BCUT2D eigenvalue weighted by atomic mass is 10.1. The van der Waals surface area contributed by atoms with Crippen LogP contribution in [0, 0.1) is 0 Å². The maximum atomic E-state index is 5.94. The Morgan fingerprint density at radius 1 is 1.06 bits per heavy atom. The molecule has 0 fully saturated rings. The van der Waals surface area contributed by atoms with Crippen molar-refractivity contribution in [1.82, 2.24) is 4.90 Å². The molecule has 0 aliphatic rings. The molecule has 0 saturated heterocycles. The largest absolute Gasteiger partial charge is 0.398 e. The van der Waals surface area contributed by atoms with Gasteiger partial charge in [0.15, 0.2) is 0 Å². The third kappa shape index (κ3) is 5.17. The number of anilines is 1. The number of benzene rings is 1. The number of nitrogens with zero attached hydrogens (tertiary/aromatic N) is 1. The van der Waals surface area contributed by atoms with E-state index in [2.05, 4.69) is 11.0 Å². The van der Waals surface area contributed by atoms with Crippen molar-refractivity contribution in [2.45, 2.75) is 6.54 Å². The van der Waals surface area contributed by atoms with Crippen molar-refractivity contribution in [2.24, 2.45) is 0 Å². The zero-order valence-corrected chi connectivity index (χ0v) is 10.7. The van der Waals surface area contributed by atoms with Gasteiger partial charge in [0.1, 0.15) is 0 Å². The van der Waals surface area contributed by atoms with Crippen molar-refractivity contribution < 1.29 is 9.47 Å². The Hall–Kier alpha value is -1.10. The molecule has 0 aliphatic heterocycles. The zero-order valence-electron chi connectivity index (χ0n) is 10.7. The molecular weight excluding hydrogens is 216 g/mol. The van der Waals surface area contributed by atoms with Crippen LogP contribution in [-0.2, 0) is 16.0 Å². The Kier molecular flexibility index (Phi) is 6.62. The van der Waals surface area contributed by atoms with E-state index < -0.39 is 0 Å². The van der Waals surface area contributed by atoms with Gasteiger partial charge in [-0.2, -0.15) is 0 Å². The second-order valence-corrected chi connectivity index (χ2v) is 3.96. The van der Waals surface area contributed by atoms with Crippen LogP contribution in [0.3, 0.4) is 0 Å². The Balaban J connectivity index is 2.55. The molecule has 1 rings (SSSR count). The summed E-state index contributed by atoms with van der Waals surface area (Å²) in [6, 6.07) is 7.95. The summed E-state index contributed by atoms with van der Waals surface area (Å²) in [5.74, 6) is 0. The molecule has 4 heteroatoms.